The van der Waals surface area contributed by atoms with Crippen LogP contribution in [0.25, 0.3) is 10.4 Å². The Kier molecular flexibility index (Phi) is 5.88. The average molecular weight is 433 g/mol. The predicted octanol–water partition coefficient (Wildman–Crippen LogP) is 5.87. The summed E-state index contributed by atoms with van der Waals surface area (Å²) >= 11 is 8.98. The van der Waals surface area contributed by atoms with Gasteiger partial charge in [-0.3, -0.25) is 0 Å². The van der Waals surface area contributed by atoms with Crippen molar-refractivity contribution in [3.63, 3.8) is 0 Å². The molecule has 0 amide bonds. The maximum absolute atomic E-state index is 5.40. The van der Waals surface area contributed by atoms with E-state index in [1.165, 1.54) is 9.75 Å². The van der Waals surface area contributed by atoms with Crippen molar-refractivity contribution >= 4 is 43.2 Å². The van der Waals surface area contributed by atoms with Crippen LogP contribution in [0, 0.1) is 5.92 Å². The highest BCUT2D eigenvalue weighted by Gasteiger charge is 2.17. The Labute approximate surface area is 147 Å². The van der Waals surface area contributed by atoms with Crippen molar-refractivity contribution in [3.05, 3.63) is 38.1 Å². The Morgan fingerprint density at radius 3 is 2.43 bits per heavy atom. The van der Waals surface area contributed by atoms with Crippen LogP contribution in [0.4, 0.5) is 0 Å². The quantitative estimate of drug-likeness (QED) is 0.638. The van der Waals surface area contributed by atoms with Gasteiger partial charge in [-0.25, -0.2) is 0 Å². The standard InChI is InChI=1S/C16H19Br2NOS/c1-9(2)16(19-3)15-6-5-14(21-15)10-7-13(20-4)12(18)8-11(10)17/h5-9,16,19H,1-4H3. The molecule has 2 rings (SSSR count). The number of nitrogens with one attached hydrogen (secondary N) is 1. The average Bonchev–Trinajstić information content (AvgIpc) is 2.88. The van der Waals surface area contributed by atoms with E-state index in [1.54, 1.807) is 7.11 Å². The van der Waals surface area contributed by atoms with Crippen molar-refractivity contribution < 1.29 is 4.74 Å². The first-order chi connectivity index (χ1) is 9.97. The molecule has 1 aromatic carbocycles. The zero-order valence-electron chi connectivity index (χ0n) is 12.5. The molecule has 0 aliphatic heterocycles. The molecule has 5 heteroatoms. The van der Waals surface area contributed by atoms with Crippen LogP contribution >= 0.6 is 43.2 Å². The molecule has 0 aliphatic rings. The highest BCUT2D eigenvalue weighted by atomic mass is 79.9. The van der Waals surface area contributed by atoms with Crippen molar-refractivity contribution in [1.29, 1.82) is 0 Å². The fourth-order valence-electron chi connectivity index (χ4n) is 2.34. The van der Waals surface area contributed by atoms with Crippen LogP contribution in [0.5, 0.6) is 5.75 Å². The van der Waals surface area contributed by atoms with E-state index in [0.717, 1.165) is 20.3 Å². The first-order valence-electron chi connectivity index (χ1n) is 6.78. The molecule has 1 unspecified atom stereocenters. The summed E-state index contributed by atoms with van der Waals surface area (Å²) in [6.07, 6.45) is 0. The number of hydrogen-bond donors (Lipinski definition) is 1. The Hall–Kier alpha value is -0.360. The molecule has 2 nitrogen and oxygen atoms in total. The summed E-state index contributed by atoms with van der Waals surface area (Å²) in [5.74, 6) is 1.40. The third kappa shape index (κ3) is 3.70. The van der Waals surface area contributed by atoms with Gasteiger partial charge in [-0.15, -0.1) is 11.3 Å². The topological polar surface area (TPSA) is 21.3 Å². The second-order valence-corrected chi connectivity index (χ2v) is 8.00. The molecular weight excluding hydrogens is 414 g/mol. The first kappa shape index (κ1) is 17.0. The van der Waals surface area contributed by atoms with Gasteiger partial charge in [-0.2, -0.15) is 0 Å². The minimum absolute atomic E-state index is 0.389. The number of benzene rings is 1. The molecule has 21 heavy (non-hydrogen) atoms. The van der Waals surface area contributed by atoms with E-state index in [1.807, 2.05) is 24.5 Å². The number of ether oxygens (including phenoxy) is 1. The van der Waals surface area contributed by atoms with Crippen LogP contribution in [0.2, 0.25) is 0 Å². The molecular formula is C16H19Br2NOS. The maximum atomic E-state index is 5.40. The lowest BCUT2D eigenvalue weighted by Crippen LogP contribution is -2.20. The van der Waals surface area contributed by atoms with Crippen LogP contribution in [-0.2, 0) is 0 Å². The molecule has 0 saturated carbocycles. The van der Waals surface area contributed by atoms with Crippen molar-refractivity contribution in [2.75, 3.05) is 14.2 Å². The lowest BCUT2D eigenvalue weighted by molar-refractivity contribution is 0.412. The van der Waals surface area contributed by atoms with Crippen LogP contribution in [0.15, 0.2) is 33.2 Å². The smallest absolute Gasteiger partial charge is 0.133 e. The molecule has 0 aliphatic carbocycles. The number of thiophene rings is 1. The molecule has 2 aromatic rings. The van der Waals surface area contributed by atoms with Crippen molar-refractivity contribution in [2.45, 2.75) is 19.9 Å². The maximum Gasteiger partial charge on any atom is 0.133 e. The summed E-state index contributed by atoms with van der Waals surface area (Å²) in [6, 6.07) is 8.88. The van der Waals surface area contributed by atoms with Gasteiger partial charge in [0.15, 0.2) is 0 Å². The van der Waals surface area contributed by atoms with Crippen LogP contribution in [-0.4, -0.2) is 14.2 Å². The molecule has 1 heterocycles. The number of halogens is 2. The minimum Gasteiger partial charge on any atom is -0.496 e. The van der Waals surface area contributed by atoms with Crippen molar-refractivity contribution in [3.8, 4) is 16.2 Å². The Balaban J connectivity index is 2.42. The highest BCUT2D eigenvalue weighted by molar-refractivity contribution is 9.11. The van der Waals surface area contributed by atoms with Gasteiger partial charge in [0.05, 0.1) is 11.6 Å². The molecule has 1 aromatic heterocycles. The van der Waals surface area contributed by atoms with Gasteiger partial charge in [-0.1, -0.05) is 29.8 Å². The Morgan fingerprint density at radius 2 is 1.86 bits per heavy atom. The zero-order valence-corrected chi connectivity index (χ0v) is 16.5. The van der Waals surface area contributed by atoms with E-state index in [9.17, 15) is 0 Å². The van der Waals surface area contributed by atoms with E-state index in [2.05, 4.69) is 69.2 Å². The highest BCUT2D eigenvalue weighted by Crippen LogP contribution is 2.41. The number of methoxy groups -OCH3 is 1. The molecule has 1 atom stereocenters. The van der Waals surface area contributed by atoms with E-state index in [0.29, 0.717) is 12.0 Å². The fourth-order valence-corrected chi connectivity index (χ4v) is 5.17. The fraction of sp³-hybridized carbons (Fsp3) is 0.375. The molecule has 1 N–H and O–H groups in total. The lowest BCUT2D eigenvalue weighted by Gasteiger charge is -2.18. The number of hydrogen-bond acceptors (Lipinski definition) is 3. The first-order valence-corrected chi connectivity index (χ1v) is 9.18. The van der Waals surface area contributed by atoms with Crippen LogP contribution < -0.4 is 10.1 Å². The second-order valence-electron chi connectivity index (χ2n) is 5.18. The Bertz CT molecular complexity index is 625. The Morgan fingerprint density at radius 1 is 1.14 bits per heavy atom. The van der Waals surface area contributed by atoms with Crippen molar-refractivity contribution in [1.82, 2.24) is 5.32 Å². The van der Waals surface area contributed by atoms with E-state index in [-0.39, 0.29) is 0 Å². The third-order valence-electron chi connectivity index (χ3n) is 3.42. The van der Waals surface area contributed by atoms with Gasteiger partial charge < -0.3 is 10.1 Å². The molecule has 0 saturated heterocycles. The van der Waals surface area contributed by atoms with Gasteiger partial charge in [-0.05, 0) is 53.2 Å². The zero-order chi connectivity index (χ0) is 15.6. The third-order valence-corrected chi connectivity index (χ3v) is 5.90. The molecule has 0 bridgehead atoms. The van der Waals surface area contributed by atoms with Crippen molar-refractivity contribution in [2.24, 2.45) is 5.92 Å². The van der Waals surface area contributed by atoms with Gasteiger partial charge in [0.2, 0.25) is 0 Å². The monoisotopic (exact) mass is 431 g/mol. The van der Waals surface area contributed by atoms with Gasteiger partial charge in [0, 0.05) is 25.8 Å². The summed E-state index contributed by atoms with van der Waals surface area (Å²) in [4.78, 5) is 2.60. The minimum atomic E-state index is 0.389. The molecule has 0 fully saturated rings. The van der Waals surface area contributed by atoms with Gasteiger partial charge in [0.25, 0.3) is 0 Å². The summed E-state index contributed by atoms with van der Waals surface area (Å²) < 4.78 is 7.42. The summed E-state index contributed by atoms with van der Waals surface area (Å²) in [5, 5.41) is 3.40. The second kappa shape index (κ2) is 7.27. The molecule has 0 radical (unpaired) electrons. The predicted molar refractivity (Wildman–Crippen MR) is 98.3 cm³/mol. The van der Waals surface area contributed by atoms with Crippen LogP contribution in [0.1, 0.15) is 24.8 Å². The molecule has 114 valence electrons. The summed E-state index contributed by atoms with van der Waals surface area (Å²) in [5.41, 5.74) is 1.16. The van der Waals surface area contributed by atoms with Crippen LogP contribution in [0.3, 0.4) is 0 Å². The van der Waals surface area contributed by atoms with Gasteiger partial charge in [0.1, 0.15) is 5.75 Å². The lowest BCUT2D eigenvalue weighted by atomic mass is 10.0. The largest absolute Gasteiger partial charge is 0.496 e. The molecule has 0 spiro atoms. The van der Waals surface area contributed by atoms with E-state index >= 15 is 0 Å². The summed E-state index contributed by atoms with van der Waals surface area (Å²) in [7, 11) is 3.70. The SMILES string of the molecule is CNC(c1ccc(-c2cc(OC)c(Br)cc2Br)s1)C(C)C. The number of rotatable bonds is 5. The normalized spacial score (nSPS) is 12.7. The van der Waals surface area contributed by atoms with Gasteiger partial charge >= 0.3 is 0 Å². The summed E-state index contributed by atoms with van der Waals surface area (Å²) in [6.45, 7) is 4.47. The van der Waals surface area contributed by atoms with E-state index in [4.69, 9.17) is 4.74 Å². The van der Waals surface area contributed by atoms with E-state index < -0.39 is 0 Å².